The molecule has 0 amide bonds. The first-order valence-corrected chi connectivity index (χ1v) is 6.12. The number of likely N-dealkylation sites (tertiary alicyclic amines) is 1. The maximum Gasteiger partial charge on any atom is 0.00129 e. The van der Waals surface area contributed by atoms with E-state index in [-0.39, 0.29) is 0 Å². The van der Waals surface area contributed by atoms with Crippen molar-refractivity contribution in [3.8, 4) is 0 Å². The minimum Gasteiger partial charge on any atom is -0.303 e. The summed E-state index contributed by atoms with van der Waals surface area (Å²) in [5.41, 5.74) is 0. The normalized spacial score (nSPS) is 34.8. The number of nitrogens with zero attached hydrogens (tertiary/aromatic N) is 1. The fraction of sp³-hybridized carbons (Fsp3) is 1.00. The topological polar surface area (TPSA) is 3.24 Å². The molecule has 0 aromatic carbocycles. The summed E-state index contributed by atoms with van der Waals surface area (Å²) in [6.45, 7) is 6.50. The summed E-state index contributed by atoms with van der Waals surface area (Å²) in [4.78, 5) is 2.71. The van der Waals surface area contributed by atoms with Crippen LogP contribution in [0.15, 0.2) is 0 Å². The van der Waals surface area contributed by atoms with Crippen molar-refractivity contribution in [3.05, 3.63) is 0 Å². The lowest BCUT2D eigenvalue weighted by Gasteiger charge is -2.23. The lowest BCUT2D eigenvalue weighted by Crippen LogP contribution is -2.21. The van der Waals surface area contributed by atoms with E-state index in [1.165, 1.54) is 58.2 Å². The average molecular weight is 181 g/mol. The Morgan fingerprint density at radius 3 is 2.23 bits per heavy atom. The molecule has 0 aromatic rings. The highest BCUT2D eigenvalue weighted by atomic mass is 15.1. The van der Waals surface area contributed by atoms with Crippen molar-refractivity contribution in [1.82, 2.24) is 4.90 Å². The zero-order valence-electron chi connectivity index (χ0n) is 8.97. The highest BCUT2D eigenvalue weighted by Crippen LogP contribution is 2.35. The maximum absolute atomic E-state index is 2.71. The molecule has 0 radical (unpaired) electrons. The zero-order valence-corrected chi connectivity index (χ0v) is 8.97. The molecular weight excluding hydrogens is 158 g/mol. The second-order valence-electron chi connectivity index (χ2n) is 4.92. The van der Waals surface area contributed by atoms with Gasteiger partial charge in [0.2, 0.25) is 0 Å². The van der Waals surface area contributed by atoms with Gasteiger partial charge >= 0.3 is 0 Å². The molecule has 1 nitrogen and oxygen atoms in total. The van der Waals surface area contributed by atoms with Crippen molar-refractivity contribution in [2.45, 2.75) is 45.4 Å². The van der Waals surface area contributed by atoms with E-state index < -0.39 is 0 Å². The molecule has 76 valence electrons. The fourth-order valence-corrected chi connectivity index (χ4v) is 3.07. The minimum absolute atomic E-state index is 1.07. The first-order chi connectivity index (χ1) is 6.40. The highest BCUT2D eigenvalue weighted by molar-refractivity contribution is 4.86. The van der Waals surface area contributed by atoms with Crippen LogP contribution in [-0.2, 0) is 0 Å². The summed E-state index contributed by atoms with van der Waals surface area (Å²) in [6.07, 6.45) is 8.80. The van der Waals surface area contributed by atoms with E-state index in [2.05, 4.69) is 11.8 Å². The monoisotopic (exact) mass is 181 g/mol. The lowest BCUT2D eigenvalue weighted by molar-refractivity contribution is 0.299. The van der Waals surface area contributed by atoms with Crippen LogP contribution in [0.1, 0.15) is 45.4 Å². The first-order valence-electron chi connectivity index (χ1n) is 6.12. The van der Waals surface area contributed by atoms with Crippen LogP contribution >= 0.6 is 0 Å². The van der Waals surface area contributed by atoms with Gasteiger partial charge in [0.05, 0.1) is 0 Å². The molecule has 2 rings (SSSR count). The van der Waals surface area contributed by atoms with Gasteiger partial charge in [0, 0.05) is 13.1 Å². The Hall–Kier alpha value is -0.0400. The van der Waals surface area contributed by atoms with Crippen LogP contribution in [0.3, 0.4) is 0 Å². The summed E-state index contributed by atoms with van der Waals surface area (Å²) < 4.78 is 0. The van der Waals surface area contributed by atoms with Gasteiger partial charge in [-0.25, -0.2) is 0 Å². The summed E-state index contributed by atoms with van der Waals surface area (Å²) in [5, 5.41) is 0. The molecule has 2 aliphatic rings. The molecule has 1 saturated carbocycles. The summed E-state index contributed by atoms with van der Waals surface area (Å²) in [7, 11) is 0. The van der Waals surface area contributed by atoms with E-state index in [0.717, 1.165) is 11.8 Å². The Bertz CT molecular complexity index is 141. The molecule has 0 spiro atoms. The van der Waals surface area contributed by atoms with Gasteiger partial charge < -0.3 is 4.90 Å². The quantitative estimate of drug-likeness (QED) is 0.647. The van der Waals surface area contributed by atoms with E-state index in [1.54, 1.807) is 0 Å². The van der Waals surface area contributed by atoms with Crippen LogP contribution in [0, 0.1) is 11.8 Å². The standard InChI is InChI=1S/C12H23N/c1-2-3-8-13-9-11-6-4-5-7-12(11)10-13/h11-12H,2-10H2,1H3/t11-,12-/m1/s1. The van der Waals surface area contributed by atoms with Crippen molar-refractivity contribution in [2.75, 3.05) is 19.6 Å². The van der Waals surface area contributed by atoms with Crippen molar-refractivity contribution in [3.63, 3.8) is 0 Å². The van der Waals surface area contributed by atoms with Crippen LogP contribution in [0.25, 0.3) is 0 Å². The molecule has 1 heteroatoms. The van der Waals surface area contributed by atoms with Gasteiger partial charge in [-0.05, 0) is 37.6 Å². The third-order valence-electron chi connectivity index (χ3n) is 3.88. The van der Waals surface area contributed by atoms with E-state index in [1.807, 2.05) is 0 Å². The maximum atomic E-state index is 2.71. The van der Waals surface area contributed by atoms with Gasteiger partial charge in [0.1, 0.15) is 0 Å². The lowest BCUT2D eigenvalue weighted by atomic mass is 9.82. The van der Waals surface area contributed by atoms with Crippen LogP contribution < -0.4 is 0 Å². The molecule has 1 heterocycles. The fourth-order valence-electron chi connectivity index (χ4n) is 3.07. The van der Waals surface area contributed by atoms with Crippen LogP contribution in [0.4, 0.5) is 0 Å². The number of hydrogen-bond donors (Lipinski definition) is 0. The molecule has 13 heavy (non-hydrogen) atoms. The van der Waals surface area contributed by atoms with E-state index >= 15 is 0 Å². The van der Waals surface area contributed by atoms with Gasteiger partial charge in [-0.3, -0.25) is 0 Å². The minimum atomic E-state index is 1.07. The number of hydrogen-bond acceptors (Lipinski definition) is 1. The van der Waals surface area contributed by atoms with Crippen LogP contribution in [0.2, 0.25) is 0 Å². The van der Waals surface area contributed by atoms with Crippen molar-refractivity contribution < 1.29 is 0 Å². The highest BCUT2D eigenvalue weighted by Gasteiger charge is 2.33. The molecule has 1 aliphatic carbocycles. The Balaban J connectivity index is 1.77. The Morgan fingerprint density at radius 2 is 1.69 bits per heavy atom. The van der Waals surface area contributed by atoms with Gasteiger partial charge in [0.15, 0.2) is 0 Å². The predicted octanol–water partition coefficient (Wildman–Crippen LogP) is 2.91. The van der Waals surface area contributed by atoms with Gasteiger partial charge in [-0.2, -0.15) is 0 Å². The van der Waals surface area contributed by atoms with E-state index in [0.29, 0.717) is 0 Å². The SMILES string of the molecule is CCCCN1C[C@H]2CCCC[C@@H]2C1. The van der Waals surface area contributed by atoms with Crippen LogP contribution in [-0.4, -0.2) is 24.5 Å². The Kier molecular flexibility index (Phi) is 3.26. The van der Waals surface area contributed by atoms with Gasteiger partial charge in [-0.1, -0.05) is 26.2 Å². The Labute approximate surface area is 82.5 Å². The molecule has 1 aliphatic heterocycles. The summed E-state index contributed by atoms with van der Waals surface area (Å²) >= 11 is 0. The molecule has 0 aromatic heterocycles. The zero-order chi connectivity index (χ0) is 9.10. The molecule has 1 saturated heterocycles. The van der Waals surface area contributed by atoms with Crippen LogP contribution in [0.5, 0.6) is 0 Å². The van der Waals surface area contributed by atoms with Crippen molar-refractivity contribution in [2.24, 2.45) is 11.8 Å². The van der Waals surface area contributed by atoms with Crippen molar-refractivity contribution >= 4 is 0 Å². The van der Waals surface area contributed by atoms with Gasteiger partial charge in [0.25, 0.3) is 0 Å². The number of unbranched alkanes of at least 4 members (excludes halogenated alkanes) is 1. The summed E-state index contributed by atoms with van der Waals surface area (Å²) in [6, 6.07) is 0. The second-order valence-corrected chi connectivity index (χ2v) is 4.92. The largest absolute Gasteiger partial charge is 0.303 e. The first kappa shape index (κ1) is 9.51. The molecular formula is C12H23N. The molecule has 0 unspecified atom stereocenters. The molecule has 0 N–H and O–H groups in total. The van der Waals surface area contributed by atoms with Gasteiger partial charge in [-0.15, -0.1) is 0 Å². The predicted molar refractivity (Wildman–Crippen MR) is 56.8 cm³/mol. The second kappa shape index (κ2) is 4.45. The third-order valence-corrected chi connectivity index (χ3v) is 3.88. The number of rotatable bonds is 3. The summed E-state index contributed by atoms with van der Waals surface area (Å²) in [5.74, 6) is 2.15. The average Bonchev–Trinajstić information content (AvgIpc) is 2.57. The number of fused-ring (bicyclic) bond motifs is 1. The van der Waals surface area contributed by atoms with E-state index in [4.69, 9.17) is 0 Å². The third kappa shape index (κ3) is 2.25. The van der Waals surface area contributed by atoms with Crippen molar-refractivity contribution in [1.29, 1.82) is 0 Å². The molecule has 2 atom stereocenters. The van der Waals surface area contributed by atoms with E-state index in [9.17, 15) is 0 Å². The Morgan fingerprint density at radius 1 is 1.08 bits per heavy atom. The molecule has 2 fully saturated rings. The smallest absolute Gasteiger partial charge is 0.00129 e. The molecule has 0 bridgehead atoms.